The van der Waals surface area contributed by atoms with Crippen molar-refractivity contribution in [2.45, 2.75) is 64.8 Å². The molecule has 1 aromatic rings. The zero-order chi connectivity index (χ0) is 15.7. The van der Waals surface area contributed by atoms with Crippen molar-refractivity contribution in [2.75, 3.05) is 11.9 Å². The molecule has 21 heavy (non-hydrogen) atoms. The summed E-state index contributed by atoms with van der Waals surface area (Å²) in [6, 6.07) is 1.72. The average Bonchev–Trinajstić information content (AvgIpc) is 2.70. The van der Waals surface area contributed by atoms with Crippen LogP contribution in [0.2, 0.25) is 0 Å². The Balaban J connectivity index is 2.14. The number of rotatable bonds is 4. The molecule has 0 saturated carbocycles. The Labute approximate surface area is 126 Å². The molecule has 0 spiro atoms. The molecule has 1 aliphatic heterocycles. The van der Waals surface area contributed by atoms with Gasteiger partial charge in [-0.1, -0.05) is 0 Å². The molecule has 2 N–H and O–H groups in total. The van der Waals surface area contributed by atoms with Crippen molar-refractivity contribution in [3.63, 3.8) is 0 Å². The summed E-state index contributed by atoms with van der Waals surface area (Å²) in [5, 5.41) is 6.53. The summed E-state index contributed by atoms with van der Waals surface area (Å²) in [6.45, 7) is 11.4. The lowest BCUT2D eigenvalue weighted by molar-refractivity contribution is 0.105. The van der Waals surface area contributed by atoms with E-state index in [1.807, 2.05) is 13.8 Å². The molecule has 1 aliphatic rings. The first-order valence-electron chi connectivity index (χ1n) is 7.49. The van der Waals surface area contributed by atoms with Gasteiger partial charge >= 0.3 is 0 Å². The number of nitrogens with one attached hydrogen (secondary N) is 2. The first-order valence-corrected chi connectivity index (χ1v) is 7.49. The first-order chi connectivity index (χ1) is 9.71. The fourth-order valence-electron chi connectivity index (χ4n) is 2.34. The normalized spacial score (nSPS) is 26.1. The second-order valence-electron chi connectivity index (χ2n) is 7.04. The van der Waals surface area contributed by atoms with Crippen LogP contribution in [0.25, 0.3) is 0 Å². The standard InChI is InChI=1S/C16H26FN3O/c1-11-16(5,7-9-21-11)20-14-13(17)12(6-8-18-14)10-19-15(2,3)4/h6,8,11,19H,7,9-10H2,1-5H3,(H,18,20). The largest absolute Gasteiger partial charge is 0.376 e. The summed E-state index contributed by atoms with van der Waals surface area (Å²) in [4.78, 5) is 4.16. The smallest absolute Gasteiger partial charge is 0.169 e. The molecule has 2 heterocycles. The topological polar surface area (TPSA) is 46.2 Å². The predicted molar refractivity (Wildman–Crippen MR) is 82.8 cm³/mol. The van der Waals surface area contributed by atoms with Crippen LogP contribution in [0.15, 0.2) is 12.3 Å². The molecule has 0 aliphatic carbocycles. The Morgan fingerprint density at radius 1 is 1.48 bits per heavy atom. The third kappa shape index (κ3) is 3.92. The number of ether oxygens (including phenoxy) is 1. The zero-order valence-electron chi connectivity index (χ0n) is 13.6. The minimum absolute atomic E-state index is 0.0371. The number of nitrogens with zero attached hydrogens (tertiary/aromatic N) is 1. The lowest BCUT2D eigenvalue weighted by Gasteiger charge is -2.30. The van der Waals surface area contributed by atoms with Crippen LogP contribution in [-0.4, -0.2) is 28.8 Å². The SMILES string of the molecule is CC1OCCC1(C)Nc1nccc(CNC(C)(C)C)c1F. The Morgan fingerprint density at radius 3 is 2.76 bits per heavy atom. The number of anilines is 1. The van der Waals surface area contributed by atoms with E-state index in [-0.39, 0.29) is 23.0 Å². The van der Waals surface area contributed by atoms with Gasteiger partial charge in [-0.05, 0) is 47.1 Å². The molecule has 0 aromatic carbocycles. The summed E-state index contributed by atoms with van der Waals surface area (Å²) in [6.07, 6.45) is 2.53. The van der Waals surface area contributed by atoms with E-state index in [1.165, 1.54) is 0 Å². The summed E-state index contributed by atoms with van der Waals surface area (Å²) in [5.41, 5.74) is 0.296. The van der Waals surface area contributed by atoms with Crippen LogP contribution in [0.1, 0.15) is 46.6 Å². The molecule has 5 heteroatoms. The minimum Gasteiger partial charge on any atom is -0.376 e. The lowest BCUT2D eigenvalue weighted by Crippen LogP contribution is -2.42. The van der Waals surface area contributed by atoms with E-state index in [0.29, 0.717) is 24.5 Å². The Kier molecular flexibility index (Phi) is 4.54. The van der Waals surface area contributed by atoms with E-state index in [0.717, 1.165) is 6.42 Å². The van der Waals surface area contributed by atoms with Crippen molar-refractivity contribution < 1.29 is 9.13 Å². The van der Waals surface area contributed by atoms with Crippen molar-refractivity contribution in [3.05, 3.63) is 23.6 Å². The minimum atomic E-state index is -0.283. The summed E-state index contributed by atoms with van der Waals surface area (Å²) < 4.78 is 20.2. The number of hydrogen-bond acceptors (Lipinski definition) is 4. The van der Waals surface area contributed by atoms with Gasteiger partial charge in [-0.25, -0.2) is 9.37 Å². The molecular weight excluding hydrogens is 269 g/mol. The fourth-order valence-corrected chi connectivity index (χ4v) is 2.34. The molecule has 2 atom stereocenters. The van der Waals surface area contributed by atoms with Gasteiger partial charge in [-0.2, -0.15) is 0 Å². The van der Waals surface area contributed by atoms with E-state index < -0.39 is 0 Å². The van der Waals surface area contributed by atoms with Gasteiger partial charge in [0, 0.05) is 30.5 Å². The number of hydrogen-bond donors (Lipinski definition) is 2. The zero-order valence-corrected chi connectivity index (χ0v) is 13.6. The monoisotopic (exact) mass is 295 g/mol. The van der Waals surface area contributed by atoms with Crippen molar-refractivity contribution in [3.8, 4) is 0 Å². The maximum atomic E-state index is 14.6. The maximum Gasteiger partial charge on any atom is 0.169 e. The summed E-state index contributed by atoms with van der Waals surface area (Å²) in [7, 11) is 0. The third-order valence-electron chi connectivity index (χ3n) is 4.07. The molecule has 118 valence electrons. The highest BCUT2D eigenvalue weighted by Gasteiger charge is 2.37. The third-order valence-corrected chi connectivity index (χ3v) is 4.07. The maximum absolute atomic E-state index is 14.6. The van der Waals surface area contributed by atoms with Crippen molar-refractivity contribution in [1.82, 2.24) is 10.3 Å². The van der Waals surface area contributed by atoms with Gasteiger partial charge in [0.05, 0.1) is 11.6 Å². The lowest BCUT2D eigenvalue weighted by atomic mass is 9.94. The van der Waals surface area contributed by atoms with E-state index in [2.05, 4.69) is 36.4 Å². The van der Waals surface area contributed by atoms with E-state index in [9.17, 15) is 4.39 Å². The van der Waals surface area contributed by atoms with Crippen LogP contribution in [0.3, 0.4) is 0 Å². The fraction of sp³-hybridized carbons (Fsp3) is 0.688. The van der Waals surface area contributed by atoms with Gasteiger partial charge in [-0.3, -0.25) is 0 Å². The highest BCUT2D eigenvalue weighted by atomic mass is 19.1. The van der Waals surface area contributed by atoms with Crippen LogP contribution in [0.4, 0.5) is 10.2 Å². The van der Waals surface area contributed by atoms with Gasteiger partial charge in [0.25, 0.3) is 0 Å². The van der Waals surface area contributed by atoms with E-state index in [4.69, 9.17) is 4.74 Å². The highest BCUT2D eigenvalue weighted by Crippen LogP contribution is 2.30. The Bertz CT molecular complexity index is 501. The van der Waals surface area contributed by atoms with Crippen molar-refractivity contribution in [1.29, 1.82) is 0 Å². The summed E-state index contributed by atoms with van der Waals surface area (Å²) in [5.74, 6) is 0.0256. The average molecular weight is 295 g/mol. The molecule has 1 aromatic heterocycles. The first kappa shape index (κ1) is 16.2. The molecule has 2 rings (SSSR count). The Hall–Kier alpha value is -1.20. The van der Waals surface area contributed by atoms with Gasteiger partial charge in [-0.15, -0.1) is 0 Å². The van der Waals surface area contributed by atoms with Crippen molar-refractivity contribution in [2.24, 2.45) is 0 Å². The van der Waals surface area contributed by atoms with Crippen molar-refractivity contribution >= 4 is 5.82 Å². The number of halogens is 1. The molecule has 0 bridgehead atoms. The predicted octanol–water partition coefficient (Wildman–Crippen LogP) is 3.09. The van der Waals surface area contributed by atoms with Crippen LogP contribution in [0.5, 0.6) is 0 Å². The van der Waals surface area contributed by atoms with Crippen LogP contribution >= 0.6 is 0 Å². The van der Waals surface area contributed by atoms with Gasteiger partial charge in [0.2, 0.25) is 0 Å². The molecule has 2 unspecified atom stereocenters. The quantitative estimate of drug-likeness (QED) is 0.896. The highest BCUT2D eigenvalue weighted by molar-refractivity contribution is 5.43. The van der Waals surface area contributed by atoms with Gasteiger partial charge < -0.3 is 15.4 Å². The number of pyridine rings is 1. The van der Waals surface area contributed by atoms with Gasteiger partial charge in [0.1, 0.15) is 0 Å². The van der Waals surface area contributed by atoms with E-state index >= 15 is 0 Å². The van der Waals surface area contributed by atoms with E-state index in [1.54, 1.807) is 12.3 Å². The second-order valence-corrected chi connectivity index (χ2v) is 7.04. The number of aromatic nitrogens is 1. The molecule has 0 amide bonds. The molecule has 1 saturated heterocycles. The van der Waals surface area contributed by atoms with Gasteiger partial charge in [0.15, 0.2) is 11.6 Å². The molecule has 4 nitrogen and oxygen atoms in total. The molecule has 0 radical (unpaired) electrons. The Morgan fingerprint density at radius 2 is 2.19 bits per heavy atom. The molecular formula is C16H26FN3O. The molecule has 1 fully saturated rings. The van der Waals surface area contributed by atoms with Crippen LogP contribution < -0.4 is 10.6 Å². The van der Waals surface area contributed by atoms with Crippen LogP contribution in [0, 0.1) is 5.82 Å². The van der Waals surface area contributed by atoms with Crippen LogP contribution in [-0.2, 0) is 11.3 Å². The second kappa shape index (κ2) is 5.89. The summed E-state index contributed by atoms with van der Waals surface area (Å²) >= 11 is 0.